The molecular formula is C13H22N4O. The number of aryl methyl sites for hydroxylation is 1. The molecule has 100 valence electrons. The summed E-state index contributed by atoms with van der Waals surface area (Å²) in [6.07, 6.45) is 6.15. The lowest BCUT2D eigenvalue weighted by molar-refractivity contribution is 0.213. The van der Waals surface area contributed by atoms with E-state index in [2.05, 4.69) is 20.6 Å². The van der Waals surface area contributed by atoms with Crippen LogP contribution in [0.2, 0.25) is 0 Å². The summed E-state index contributed by atoms with van der Waals surface area (Å²) >= 11 is 0. The van der Waals surface area contributed by atoms with E-state index in [1.54, 1.807) is 0 Å². The van der Waals surface area contributed by atoms with Crippen molar-refractivity contribution < 1.29 is 5.11 Å². The molecule has 1 aromatic heterocycles. The number of aliphatic hydroxyl groups excluding tert-OH is 1. The molecule has 1 heterocycles. The highest BCUT2D eigenvalue weighted by Gasteiger charge is 2.33. The smallest absolute Gasteiger partial charge is 0.224 e. The summed E-state index contributed by atoms with van der Waals surface area (Å²) < 4.78 is 0. The Balaban J connectivity index is 2.19. The number of hydrogen-bond donors (Lipinski definition) is 3. The number of hydrogen-bond acceptors (Lipinski definition) is 5. The van der Waals surface area contributed by atoms with Crippen LogP contribution in [-0.2, 0) is 0 Å². The first-order valence-corrected chi connectivity index (χ1v) is 6.66. The van der Waals surface area contributed by atoms with E-state index in [1.165, 1.54) is 0 Å². The van der Waals surface area contributed by atoms with Crippen LogP contribution in [0.25, 0.3) is 0 Å². The van der Waals surface area contributed by atoms with Crippen molar-refractivity contribution in [2.45, 2.75) is 45.1 Å². The molecule has 18 heavy (non-hydrogen) atoms. The Morgan fingerprint density at radius 1 is 1.39 bits per heavy atom. The maximum absolute atomic E-state index is 9.62. The van der Waals surface area contributed by atoms with Crippen LogP contribution in [0.5, 0.6) is 0 Å². The van der Waals surface area contributed by atoms with Gasteiger partial charge in [0.05, 0.1) is 12.1 Å². The lowest BCUT2D eigenvalue weighted by Gasteiger charge is -2.29. The highest BCUT2D eigenvalue weighted by Crippen LogP contribution is 2.33. The summed E-state index contributed by atoms with van der Waals surface area (Å²) in [4.78, 5) is 8.70. The van der Waals surface area contributed by atoms with Crippen LogP contribution in [0.4, 0.5) is 11.8 Å². The maximum atomic E-state index is 9.62. The van der Waals surface area contributed by atoms with Crippen LogP contribution < -0.4 is 10.6 Å². The first kappa shape index (κ1) is 13.1. The molecule has 0 unspecified atom stereocenters. The Morgan fingerprint density at radius 2 is 2.11 bits per heavy atom. The molecule has 3 N–H and O–H groups in total. The zero-order valence-corrected chi connectivity index (χ0v) is 11.2. The fraction of sp³-hybridized carbons (Fsp3) is 0.692. The van der Waals surface area contributed by atoms with E-state index in [4.69, 9.17) is 0 Å². The number of anilines is 2. The largest absolute Gasteiger partial charge is 0.394 e. The molecule has 1 aromatic rings. The first-order valence-electron chi connectivity index (χ1n) is 6.66. The zero-order chi connectivity index (χ0) is 13.0. The van der Waals surface area contributed by atoms with Gasteiger partial charge in [0.1, 0.15) is 5.82 Å². The van der Waals surface area contributed by atoms with Crippen LogP contribution in [-0.4, -0.2) is 33.8 Å². The van der Waals surface area contributed by atoms with E-state index >= 15 is 0 Å². The third kappa shape index (κ3) is 2.72. The van der Waals surface area contributed by atoms with E-state index in [0.29, 0.717) is 5.95 Å². The van der Waals surface area contributed by atoms with E-state index in [1.807, 2.05) is 20.0 Å². The topological polar surface area (TPSA) is 70.1 Å². The van der Waals surface area contributed by atoms with Crippen molar-refractivity contribution in [3.63, 3.8) is 0 Å². The molecule has 0 spiro atoms. The van der Waals surface area contributed by atoms with Crippen molar-refractivity contribution in [1.29, 1.82) is 0 Å². The number of nitrogens with one attached hydrogen (secondary N) is 2. The summed E-state index contributed by atoms with van der Waals surface area (Å²) in [5, 5.41) is 16.2. The van der Waals surface area contributed by atoms with Gasteiger partial charge in [0.15, 0.2) is 0 Å². The molecule has 0 radical (unpaired) electrons. The second-order valence-electron chi connectivity index (χ2n) is 5.03. The van der Waals surface area contributed by atoms with Crippen molar-refractivity contribution in [2.24, 2.45) is 0 Å². The van der Waals surface area contributed by atoms with Gasteiger partial charge in [-0.3, -0.25) is 0 Å². The second-order valence-corrected chi connectivity index (χ2v) is 5.03. The highest BCUT2D eigenvalue weighted by molar-refractivity contribution is 5.48. The van der Waals surface area contributed by atoms with Crippen molar-refractivity contribution in [3.05, 3.63) is 11.8 Å². The number of aromatic nitrogens is 2. The molecule has 1 aliphatic carbocycles. The number of nitrogens with zero attached hydrogens (tertiary/aromatic N) is 2. The van der Waals surface area contributed by atoms with E-state index in [0.717, 1.165) is 43.6 Å². The molecule has 0 aromatic carbocycles. The Kier molecular flexibility index (Phi) is 4.01. The van der Waals surface area contributed by atoms with E-state index in [-0.39, 0.29) is 12.1 Å². The third-order valence-corrected chi connectivity index (χ3v) is 3.55. The van der Waals surface area contributed by atoms with Gasteiger partial charge in [0.2, 0.25) is 5.95 Å². The number of rotatable bonds is 5. The Labute approximate surface area is 108 Å². The predicted molar refractivity (Wildman–Crippen MR) is 72.8 cm³/mol. The Morgan fingerprint density at radius 3 is 2.72 bits per heavy atom. The van der Waals surface area contributed by atoms with Gasteiger partial charge in [-0.15, -0.1) is 0 Å². The van der Waals surface area contributed by atoms with Gasteiger partial charge in [-0.25, -0.2) is 4.98 Å². The van der Waals surface area contributed by atoms with Crippen molar-refractivity contribution in [3.8, 4) is 0 Å². The van der Waals surface area contributed by atoms with Crippen molar-refractivity contribution in [1.82, 2.24) is 9.97 Å². The maximum Gasteiger partial charge on any atom is 0.224 e. The minimum Gasteiger partial charge on any atom is -0.394 e. The van der Waals surface area contributed by atoms with Gasteiger partial charge in [0, 0.05) is 18.3 Å². The molecule has 2 rings (SSSR count). The summed E-state index contributed by atoms with van der Waals surface area (Å²) in [7, 11) is 0. The lowest BCUT2D eigenvalue weighted by Crippen LogP contribution is -2.39. The molecule has 1 fully saturated rings. The summed E-state index contributed by atoms with van der Waals surface area (Å²) in [5.41, 5.74) is 0.819. The van der Waals surface area contributed by atoms with E-state index < -0.39 is 0 Å². The van der Waals surface area contributed by atoms with Crippen LogP contribution in [0.1, 0.15) is 38.2 Å². The third-order valence-electron chi connectivity index (χ3n) is 3.55. The number of aliphatic hydroxyl groups is 1. The SMILES string of the molecule is CCNc1ncc(C)c(NC2(CO)CCCC2)n1. The summed E-state index contributed by atoms with van der Waals surface area (Å²) in [6.45, 7) is 4.96. The lowest BCUT2D eigenvalue weighted by atomic mass is 9.99. The summed E-state index contributed by atoms with van der Waals surface area (Å²) in [6, 6.07) is 0. The molecule has 1 aliphatic rings. The van der Waals surface area contributed by atoms with Gasteiger partial charge in [-0.05, 0) is 26.7 Å². The highest BCUT2D eigenvalue weighted by atomic mass is 16.3. The fourth-order valence-electron chi connectivity index (χ4n) is 2.44. The van der Waals surface area contributed by atoms with Crippen molar-refractivity contribution in [2.75, 3.05) is 23.8 Å². The molecule has 0 bridgehead atoms. The molecule has 0 atom stereocenters. The van der Waals surface area contributed by atoms with Crippen LogP contribution in [0.3, 0.4) is 0 Å². The van der Waals surface area contributed by atoms with Gasteiger partial charge in [-0.1, -0.05) is 12.8 Å². The summed E-state index contributed by atoms with van der Waals surface area (Å²) in [5.74, 6) is 1.47. The van der Waals surface area contributed by atoms with Crippen LogP contribution >= 0.6 is 0 Å². The molecule has 1 saturated carbocycles. The average Bonchev–Trinajstić information content (AvgIpc) is 2.83. The van der Waals surface area contributed by atoms with Crippen LogP contribution in [0, 0.1) is 6.92 Å². The Hall–Kier alpha value is -1.36. The predicted octanol–water partition coefficient (Wildman–Crippen LogP) is 1.93. The zero-order valence-electron chi connectivity index (χ0n) is 11.2. The second kappa shape index (κ2) is 5.52. The standard InChI is InChI=1S/C13H22N4O/c1-3-14-12-15-8-10(2)11(16-12)17-13(9-18)6-4-5-7-13/h8,18H,3-7,9H2,1-2H3,(H2,14,15,16,17). The quantitative estimate of drug-likeness (QED) is 0.745. The van der Waals surface area contributed by atoms with Crippen LogP contribution in [0.15, 0.2) is 6.20 Å². The van der Waals surface area contributed by atoms with Gasteiger partial charge in [0.25, 0.3) is 0 Å². The van der Waals surface area contributed by atoms with Gasteiger partial charge < -0.3 is 15.7 Å². The molecule has 0 aliphatic heterocycles. The fourth-order valence-corrected chi connectivity index (χ4v) is 2.44. The molecule has 5 heteroatoms. The molecular weight excluding hydrogens is 228 g/mol. The average molecular weight is 250 g/mol. The normalized spacial score (nSPS) is 17.7. The van der Waals surface area contributed by atoms with Gasteiger partial charge >= 0.3 is 0 Å². The molecule has 0 amide bonds. The van der Waals surface area contributed by atoms with Crippen molar-refractivity contribution >= 4 is 11.8 Å². The minimum atomic E-state index is -0.192. The Bertz CT molecular complexity index is 402. The first-order chi connectivity index (χ1) is 8.69. The van der Waals surface area contributed by atoms with Gasteiger partial charge in [-0.2, -0.15) is 4.98 Å². The van der Waals surface area contributed by atoms with E-state index in [9.17, 15) is 5.11 Å². The molecule has 5 nitrogen and oxygen atoms in total. The molecule has 0 saturated heterocycles. The minimum absolute atomic E-state index is 0.160. The monoisotopic (exact) mass is 250 g/mol.